The first-order valence-corrected chi connectivity index (χ1v) is 10.4. The van der Waals surface area contributed by atoms with Crippen LogP contribution in [0.2, 0.25) is 0 Å². The first-order valence-electron chi connectivity index (χ1n) is 10.4. The van der Waals surface area contributed by atoms with Crippen molar-refractivity contribution >= 4 is 17.3 Å². The van der Waals surface area contributed by atoms with Crippen LogP contribution in [0.5, 0.6) is 0 Å². The molecule has 8 heteroatoms. The predicted octanol–water partition coefficient (Wildman–Crippen LogP) is 4.33. The van der Waals surface area contributed by atoms with E-state index in [9.17, 15) is 18.0 Å². The van der Waals surface area contributed by atoms with E-state index in [4.69, 9.17) is 5.73 Å². The summed E-state index contributed by atoms with van der Waals surface area (Å²) in [6.45, 7) is 10.8. The van der Waals surface area contributed by atoms with E-state index in [-0.39, 0.29) is 30.4 Å². The number of hydrogen-bond donors (Lipinski definition) is 3. The molecule has 2 aromatic rings. The molecular formula is C23H31F3N4O. The van der Waals surface area contributed by atoms with Crippen molar-refractivity contribution in [3.05, 3.63) is 58.9 Å². The predicted molar refractivity (Wildman–Crippen MR) is 118 cm³/mol. The summed E-state index contributed by atoms with van der Waals surface area (Å²) < 4.78 is 42.5. The topological polar surface area (TPSA) is 70.4 Å². The number of carbonyl (C=O) groups excluding carboxylic acids is 1. The molecule has 1 fully saturated rings. The summed E-state index contributed by atoms with van der Waals surface area (Å²) in [6, 6.07) is 6.64. The fourth-order valence-electron chi connectivity index (χ4n) is 3.25. The zero-order chi connectivity index (χ0) is 23.3. The van der Waals surface area contributed by atoms with Crippen molar-refractivity contribution in [3.63, 3.8) is 0 Å². The van der Waals surface area contributed by atoms with Gasteiger partial charge >= 0.3 is 0 Å². The fourth-order valence-corrected chi connectivity index (χ4v) is 3.25. The van der Waals surface area contributed by atoms with E-state index in [0.717, 1.165) is 6.07 Å². The number of nitrogens with one attached hydrogen (secondary N) is 2. The molecule has 1 saturated heterocycles. The Balaban J connectivity index is 0.00000166. The van der Waals surface area contributed by atoms with Gasteiger partial charge in [0.05, 0.1) is 22.5 Å². The van der Waals surface area contributed by atoms with Gasteiger partial charge in [-0.25, -0.2) is 13.2 Å². The van der Waals surface area contributed by atoms with Gasteiger partial charge in [0.2, 0.25) is 0 Å². The quantitative estimate of drug-likeness (QED) is 0.630. The molecule has 4 N–H and O–H groups in total. The molecule has 1 aliphatic rings. The number of nitrogens with two attached hydrogens (primary N) is 1. The molecule has 0 radical (unpaired) electrons. The minimum absolute atomic E-state index is 0.0490. The molecule has 0 atom stereocenters. The van der Waals surface area contributed by atoms with Gasteiger partial charge in [0, 0.05) is 25.7 Å². The Morgan fingerprint density at radius 2 is 1.77 bits per heavy atom. The highest BCUT2D eigenvalue weighted by molar-refractivity contribution is 6.01. The zero-order valence-electron chi connectivity index (χ0n) is 18.7. The van der Waals surface area contributed by atoms with E-state index in [2.05, 4.69) is 10.6 Å². The van der Waals surface area contributed by atoms with Crippen molar-refractivity contribution in [1.82, 2.24) is 10.2 Å². The third-order valence-electron chi connectivity index (χ3n) is 4.87. The molecule has 1 amide bonds. The third-order valence-corrected chi connectivity index (χ3v) is 4.87. The van der Waals surface area contributed by atoms with Gasteiger partial charge in [-0.05, 0) is 36.8 Å². The van der Waals surface area contributed by atoms with E-state index in [0.29, 0.717) is 12.1 Å². The molecule has 0 saturated carbocycles. The lowest BCUT2D eigenvalue weighted by molar-refractivity contribution is 0.0407. The zero-order valence-corrected chi connectivity index (χ0v) is 18.7. The van der Waals surface area contributed by atoms with Crippen molar-refractivity contribution in [2.75, 3.05) is 25.0 Å². The van der Waals surface area contributed by atoms with Gasteiger partial charge < -0.3 is 21.3 Å². The maximum atomic E-state index is 14.5. The largest absolute Gasteiger partial charge is 0.350 e. The van der Waals surface area contributed by atoms with Crippen LogP contribution in [-0.2, 0) is 0 Å². The van der Waals surface area contributed by atoms with Crippen LogP contribution in [0.4, 0.5) is 24.5 Å². The molecule has 5 nitrogen and oxygen atoms in total. The number of rotatable bonds is 6. The van der Waals surface area contributed by atoms with E-state index in [1.165, 1.54) is 23.1 Å². The first-order chi connectivity index (χ1) is 14.6. The molecule has 170 valence electrons. The minimum atomic E-state index is -1.24. The molecule has 0 bridgehead atoms. The lowest BCUT2D eigenvalue weighted by Gasteiger charge is -2.48. The maximum absolute atomic E-state index is 14.5. The summed E-state index contributed by atoms with van der Waals surface area (Å²) in [5, 5.41) is 5.77. The molecule has 0 spiro atoms. The Hall–Kier alpha value is -2.58. The summed E-state index contributed by atoms with van der Waals surface area (Å²) in [5.74, 6) is -3.49. The van der Waals surface area contributed by atoms with E-state index in [1.807, 2.05) is 27.7 Å². The number of hydrogen-bond acceptors (Lipinski definition) is 4. The van der Waals surface area contributed by atoms with Gasteiger partial charge in [-0.1, -0.05) is 33.8 Å². The Morgan fingerprint density at radius 3 is 2.35 bits per heavy atom. The van der Waals surface area contributed by atoms with Crippen molar-refractivity contribution in [3.8, 4) is 0 Å². The Kier molecular flexibility index (Phi) is 8.08. The van der Waals surface area contributed by atoms with Crippen molar-refractivity contribution in [1.29, 1.82) is 0 Å². The van der Waals surface area contributed by atoms with Crippen molar-refractivity contribution in [2.45, 2.75) is 46.2 Å². The van der Waals surface area contributed by atoms with Crippen molar-refractivity contribution < 1.29 is 18.0 Å². The number of carbonyl (C=O) groups is 1. The molecule has 1 aliphatic heterocycles. The van der Waals surface area contributed by atoms with Crippen molar-refractivity contribution in [2.24, 2.45) is 5.73 Å². The standard InChI is InChI=1S/C21H25F3N4O.C2H6/c1-12(2)26-9-21(25)10-28(11-21)20(29)14-5-6-15(22)18(24)19(14)27-17-7-4-13(3)8-16(17)23;1-2/h4-8,12,26-27H,9-11,25H2,1-3H3;1-2H3. The molecule has 0 unspecified atom stereocenters. The van der Waals surface area contributed by atoms with Crippen LogP contribution in [0, 0.1) is 24.4 Å². The second-order valence-corrected chi connectivity index (χ2v) is 7.95. The summed E-state index contributed by atoms with van der Waals surface area (Å²) in [5.41, 5.74) is 5.83. The van der Waals surface area contributed by atoms with E-state index >= 15 is 0 Å². The second kappa shape index (κ2) is 10.2. The summed E-state index contributed by atoms with van der Waals surface area (Å²) in [6.07, 6.45) is 0. The van der Waals surface area contributed by atoms with Crippen LogP contribution in [-0.4, -0.2) is 42.0 Å². The van der Waals surface area contributed by atoms with Gasteiger partial charge in [-0.15, -0.1) is 0 Å². The lowest BCUT2D eigenvalue weighted by Crippen LogP contribution is -2.72. The first kappa shape index (κ1) is 24.7. The molecule has 31 heavy (non-hydrogen) atoms. The monoisotopic (exact) mass is 436 g/mol. The average Bonchev–Trinajstić information content (AvgIpc) is 2.70. The Morgan fingerprint density at radius 1 is 1.13 bits per heavy atom. The second-order valence-electron chi connectivity index (χ2n) is 7.95. The van der Waals surface area contributed by atoms with Gasteiger partial charge in [0.15, 0.2) is 11.6 Å². The number of likely N-dealkylation sites (tertiary alicyclic amines) is 1. The van der Waals surface area contributed by atoms with Crippen LogP contribution in [0.1, 0.15) is 43.6 Å². The molecule has 2 aromatic carbocycles. The van der Waals surface area contributed by atoms with Crippen LogP contribution in [0.25, 0.3) is 0 Å². The van der Waals surface area contributed by atoms with Crippen LogP contribution < -0.4 is 16.4 Å². The average molecular weight is 437 g/mol. The number of amides is 1. The third kappa shape index (κ3) is 5.77. The molecular weight excluding hydrogens is 405 g/mol. The molecule has 1 heterocycles. The number of halogens is 3. The molecule has 3 rings (SSSR count). The minimum Gasteiger partial charge on any atom is -0.350 e. The summed E-state index contributed by atoms with van der Waals surface area (Å²) >= 11 is 0. The van der Waals surface area contributed by atoms with Crippen LogP contribution in [0.15, 0.2) is 30.3 Å². The van der Waals surface area contributed by atoms with Crippen LogP contribution >= 0.6 is 0 Å². The number of nitrogens with zero attached hydrogens (tertiary/aromatic N) is 1. The number of benzene rings is 2. The highest BCUT2D eigenvalue weighted by atomic mass is 19.2. The molecule has 0 aliphatic carbocycles. The number of aryl methyl sites for hydroxylation is 1. The SMILES string of the molecule is CC.Cc1ccc(Nc2c(C(=O)N3CC(N)(CNC(C)C)C3)ccc(F)c2F)c(F)c1. The van der Waals surface area contributed by atoms with Crippen LogP contribution in [0.3, 0.4) is 0 Å². The van der Waals surface area contributed by atoms with E-state index in [1.54, 1.807) is 13.0 Å². The van der Waals surface area contributed by atoms with Gasteiger partial charge in [0.1, 0.15) is 5.82 Å². The smallest absolute Gasteiger partial charge is 0.256 e. The fraction of sp³-hybridized carbons (Fsp3) is 0.435. The van der Waals surface area contributed by atoms with Gasteiger partial charge in [0.25, 0.3) is 5.91 Å². The normalized spacial score (nSPS) is 14.6. The highest BCUT2D eigenvalue weighted by Crippen LogP contribution is 2.31. The number of anilines is 2. The Labute approximate surface area is 181 Å². The summed E-state index contributed by atoms with van der Waals surface area (Å²) in [4.78, 5) is 14.4. The summed E-state index contributed by atoms with van der Waals surface area (Å²) in [7, 11) is 0. The lowest BCUT2D eigenvalue weighted by atomic mass is 9.89. The molecule has 0 aromatic heterocycles. The maximum Gasteiger partial charge on any atom is 0.256 e. The highest BCUT2D eigenvalue weighted by Gasteiger charge is 2.42. The Bertz CT molecular complexity index is 927. The van der Waals surface area contributed by atoms with Gasteiger partial charge in [-0.2, -0.15) is 0 Å². The van der Waals surface area contributed by atoms with E-state index < -0.39 is 34.6 Å². The van der Waals surface area contributed by atoms with Gasteiger partial charge in [-0.3, -0.25) is 4.79 Å².